The summed E-state index contributed by atoms with van der Waals surface area (Å²) in [5.41, 5.74) is 0.322. The first-order valence-corrected chi connectivity index (χ1v) is 9.04. The number of rotatable bonds is 0. The summed E-state index contributed by atoms with van der Waals surface area (Å²) >= 11 is 0. The molecule has 0 aromatic carbocycles. The third kappa shape index (κ3) is 7.06. The lowest BCUT2D eigenvalue weighted by Gasteiger charge is -2.41. The molecule has 0 aromatic rings. The molecule has 3 atom stereocenters. The molecule has 0 spiro atoms. The third-order valence-electron chi connectivity index (χ3n) is 4.82. The van der Waals surface area contributed by atoms with Gasteiger partial charge in [0, 0.05) is 0 Å². The fraction of sp³-hybridized carbons (Fsp3) is 1.00. The van der Waals surface area contributed by atoms with E-state index < -0.39 is 0 Å². The van der Waals surface area contributed by atoms with Gasteiger partial charge in [-0.1, -0.05) is 20.8 Å². The molecule has 0 radical (unpaired) electrons. The van der Waals surface area contributed by atoms with Crippen LogP contribution < -0.4 is 0 Å². The van der Waals surface area contributed by atoms with Gasteiger partial charge in [-0.15, -0.1) is 0 Å². The molecule has 0 bridgehead atoms. The van der Waals surface area contributed by atoms with E-state index in [9.17, 15) is 0 Å². The summed E-state index contributed by atoms with van der Waals surface area (Å²) in [6.45, 7) is 11.9. The van der Waals surface area contributed by atoms with Crippen molar-refractivity contribution in [2.75, 3.05) is 52.9 Å². The minimum absolute atomic E-state index is 0.165. The minimum Gasteiger partial charge on any atom is -0.377 e. The fourth-order valence-corrected chi connectivity index (χ4v) is 3.31. The van der Waals surface area contributed by atoms with Crippen LogP contribution in [0.4, 0.5) is 0 Å². The zero-order valence-electron chi connectivity index (χ0n) is 15.1. The van der Waals surface area contributed by atoms with Gasteiger partial charge in [0.2, 0.25) is 0 Å². The molecule has 23 heavy (non-hydrogen) atoms. The van der Waals surface area contributed by atoms with Gasteiger partial charge in [-0.05, 0) is 30.6 Å². The SMILES string of the molecule is CC(C)(C)C1CCC2OCCOCCOCCOCCOC2C1. The normalized spacial score (nSPS) is 33.3. The Hall–Kier alpha value is -0.200. The maximum Gasteiger partial charge on any atom is 0.0840 e. The van der Waals surface area contributed by atoms with E-state index in [4.69, 9.17) is 23.7 Å². The van der Waals surface area contributed by atoms with Crippen LogP contribution in [0.25, 0.3) is 0 Å². The van der Waals surface area contributed by atoms with Crippen molar-refractivity contribution >= 4 is 0 Å². The molecule has 1 heterocycles. The predicted molar refractivity (Wildman–Crippen MR) is 88.7 cm³/mol. The highest BCUT2D eigenvalue weighted by molar-refractivity contribution is 4.87. The number of hydrogen-bond donors (Lipinski definition) is 0. The first-order valence-electron chi connectivity index (χ1n) is 9.04. The van der Waals surface area contributed by atoms with Crippen molar-refractivity contribution in [3.05, 3.63) is 0 Å². The van der Waals surface area contributed by atoms with Crippen LogP contribution in [0, 0.1) is 11.3 Å². The Balaban J connectivity index is 1.86. The average molecular weight is 330 g/mol. The van der Waals surface area contributed by atoms with Crippen molar-refractivity contribution in [3.63, 3.8) is 0 Å². The van der Waals surface area contributed by atoms with E-state index >= 15 is 0 Å². The van der Waals surface area contributed by atoms with E-state index in [1.54, 1.807) is 0 Å². The van der Waals surface area contributed by atoms with Gasteiger partial charge >= 0.3 is 0 Å². The summed E-state index contributed by atoms with van der Waals surface area (Å²) in [5, 5.41) is 0. The molecule has 1 saturated heterocycles. The summed E-state index contributed by atoms with van der Waals surface area (Å²) in [7, 11) is 0. The van der Waals surface area contributed by atoms with E-state index in [0.717, 1.165) is 12.8 Å². The van der Waals surface area contributed by atoms with Crippen molar-refractivity contribution in [1.82, 2.24) is 0 Å². The second-order valence-corrected chi connectivity index (χ2v) is 7.53. The van der Waals surface area contributed by atoms with Gasteiger partial charge in [0.25, 0.3) is 0 Å². The summed E-state index contributed by atoms with van der Waals surface area (Å²) in [5.74, 6) is 0.681. The molecule has 3 unspecified atom stereocenters. The lowest BCUT2D eigenvalue weighted by Crippen LogP contribution is -2.42. The molecule has 2 rings (SSSR count). The van der Waals surface area contributed by atoms with Crippen LogP contribution in [0.1, 0.15) is 40.0 Å². The highest BCUT2D eigenvalue weighted by Gasteiger charge is 2.36. The van der Waals surface area contributed by atoms with Crippen molar-refractivity contribution in [3.8, 4) is 0 Å². The molecule has 2 fully saturated rings. The van der Waals surface area contributed by atoms with E-state index in [-0.39, 0.29) is 12.2 Å². The smallest absolute Gasteiger partial charge is 0.0840 e. The van der Waals surface area contributed by atoms with Crippen LogP contribution in [0.15, 0.2) is 0 Å². The molecule has 0 amide bonds. The molecule has 5 nitrogen and oxygen atoms in total. The largest absolute Gasteiger partial charge is 0.377 e. The Morgan fingerprint density at radius 3 is 1.61 bits per heavy atom. The highest BCUT2D eigenvalue weighted by Crippen LogP contribution is 2.39. The molecular weight excluding hydrogens is 296 g/mol. The van der Waals surface area contributed by atoms with Crippen LogP contribution in [-0.4, -0.2) is 65.1 Å². The second-order valence-electron chi connectivity index (χ2n) is 7.53. The Bertz CT molecular complexity index is 315. The quantitative estimate of drug-likeness (QED) is 0.683. The lowest BCUT2D eigenvalue weighted by atomic mass is 9.71. The Morgan fingerprint density at radius 1 is 0.609 bits per heavy atom. The Morgan fingerprint density at radius 2 is 1.09 bits per heavy atom. The Kier molecular flexibility index (Phi) is 8.27. The Labute approximate surface area is 140 Å². The average Bonchev–Trinajstić information content (AvgIpc) is 2.52. The minimum atomic E-state index is 0.165. The third-order valence-corrected chi connectivity index (χ3v) is 4.82. The van der Waals surface area contributed by atoms with Crippen LogP contribution in [0.2, 0.25) is 0 Å². The molecule has 1 aliphatic heterocycles. The molecule has 136 valence electrons. The first-order chi connectivity index (χ1) is 11.1. The molecule has 1 saturated carbocycles. The van der Waals surface area contributed by atoms with Gasteiger partial charge in [0.1, 0.15) is 0 Å². The summed E-state index contributed by atoms with van der Waals surface area (Å²) in [6.07, 6.45) is 3.69. The van der Waals surface area contributed by atoms with Gasteiger partial charge < -0.3 is 23.7 Å². The van der Waals surface area contributed by atoms with E-state index in [1.807, 2.05) is 0 Å². The molecule has 5 heteroatoms. The van der Waals surface area contributed by atoms with Crippen molar-refractivity contribution in [2.24, 2.45) is 11.3 Å². The summed E-state index contributed by atoms with van der Waals surface area (Å²) < 4.78 is 28.7. The number of ether oxygens (including phenoxy) is 5. The molecule has 1 aliphatic carbocycles. The maximum absolute atomic E-state index is 6.12. The first kappa shape index (κ1) is 19.1. The zero-order chi connectivity index (χ0) is 16.5. The second kappa shape index (κ2) is 9.94. The van der Waals surface area contributed by atoms with Gasteiger partial charge in [0.15, 0.2) is 0 Å². The van der Waals surface area contributed by atoms with Crippen LogP contribution >= 0.6 is 0 Å². The van der Waals surface area contributed by atoms with Gasteiger partial charge in [-0.25, -0.2) is 0 Å². The van der Waals surface area contributed by atoms with Gasteiger partial charge in [-0.2, -0.15) is 0 Å². The van der Waals surface area contributed by atoms with Crippen molar-refractivity contribution in [2.45, 2.75) is 52.2 Å². The lowest BCUT2D eigenvalue weighted by molar-refractivity contribution is -0.125. The van der Waals surface area contributed by atoms with Crippen molar-refractivity contribution in [1.29, 1.82) is 0 Å². The molecule has 0 aromatic heterocycles. The van der Waals surface area contributed by atoms with E-state index in [1.165, 1.54) is 6.42 Å². The topological polar surface area (TPSA) is 46.2 Å². The van der Waals surface area contributed by atoms with Gasteiger partial charge in [0.05, 0.1) is 65.1 Å². The standard InChI is InChI=1S/C18H34O5/c1-18(2,3)15-4-5-16-17(14-15)23-13-11-21-9-7-19-6-8-20-10-12-22-16/h15-17H,4-14H2,1-3H3. The molecule has 0 N–H and O–H groups in total. The van der Waals surface area contributed by atoms with Crippen LogP contribution in [0.5, 0.6) is 0 Å². The number of fused-ring (bicyclic) bond motifs is 1. The van der Waals surface area contributed by atoms with E-state index in [0.29, 0.717) is 64.2 Å². The maximum atomic E-state index is 6.12. The molecule has 2 aliphatic rings. The summed E-state index contributed by atoms with van der Waals surface area (Å²) in [6, 6.07) is 0. The monoisotopic (exact) mass is 330 g/mol. The number of hydrogen-bond acceptors (Lipinski definition) is 5. The fourth-order valence-electron chi connectivity index (χ4n) is 3.31. The van der Waals surface area contributed by atoms with Crippen LogP contribution in [0.3, 0.4) is 0 Å². The van der Waals surface area contributed by atoms with E-state index in [2.05, 4.69) is 20.8 Å². The molecular formula is C18H34O5. The predicted octanol–water partition coefficient (Wildman–Crippen LogP) is 2.67. The highest BCUT2D eigenvalue weighted by atomic mass is 16.6. The van der Waals surface area contributed by atoms with Crippen LogP contribution in [-0.2, 0) is 23.7 Å². The van der Waals surface area contributed by atoms with Gasteiger partial charge in [-0.3, -0.25) is 0 Å². The van der Waals surface area contributed by atoms with Crippen molar-refractivity contribution < 1.29 is 23.7 Å². The zero-order valence-corrected chi connectivity index (χ0v) is 15.1. The summed E-state index contributed by atoms with van der Waals surface area (Å²) in [4.78, 5) is 0.